The predicted molar refractivity (Wildman–Crippen MR) is 65.3 cm³/mol. The number of hydrogen-bond acceptors (Lipinski definition) is 3. The molecule has 5 nitrogen and oxygen atoms in total. The number of hydrogen-bond donors (Lipinski definition) is 0. The number of piperazine rings is 1. The maximum Gasteiger partial charge on any atom is 0.243 e. The molecule has 98 valence electrons. The van der Waals surface area contributed by atoms with E-state index in [1.165, 1.54) is 0 Å². The standard InChI is InChI=1S/C13H19N3O2/c1-2-3-6-15-7-8-16(9-11(15)17)12(18)13(10-14)4-5-13/h2-9H2,1H3. The first-order valence-corrected chi connectivity index (χ1v) is 6.61. The molecule has 0 aromatic heterocycles. The molecule has 1 saturated heterocycles. The van der Waals surface area contributed by atoms with Crippen molar-refractivity contribution in [2.24, 2.45) is 5.41 Å². The second kappa shape index (κ2) is 4.97. The van der Waals surface area contributed by atoms with Gasteiger partial charge in [-0.15, -0.1) is 0 Å². The van der Waals surface area contributed by atoms with Crippen LogP contribution in [0.2, 0.25) is 0 Å². The van der Waals surface area contributed by atoms with Crippen LogP contribution in [-0.4, -0.2) is 47.8 Å². The largest absolute Gasteiger partial charge is 0.339 e. The zero-order valence-electron chi connectivity index (χ0n) is 10.8. The highest BCUT2D eigenvalue weighted by molar-refractivity contribution is 5.92. The van der Waals surface area contributed by atoms with Crippen LogP contribution < -0.4 is 0 Å². The van der Waals surface area contributed by atoms with Gasteiger partial charge in [-0.1, -0.05) is 13.3 Å². The summed E-state index contributed by atoms with van der Waals surface area (Å²) < 4.78 is 0. The lowest BCUT2D eigenvalue weighted by Gasteiger charge is -2.35. The number of nitriles is 1. The number of amides is 2. The molecule has 5 heteroatoms. The third kappa shape index (κ3) is 2.33. The summed E-state index contributed by atoms with van der Waals surface area (Å²) in [5.41, 5.74) is -0.800. The van der Waals surface area contributed by atoms with Gasteiger partial charge in [-0.3, -0.25) is 9.59 Å². The van der Waals surface area contributed by atoms with E-state index in [1.54, 1.807) is 4.90 Å². The molecule has 1 aliphatic carbocycles. The zero-order valence-corrected chi connectivity index (χ0v) is 10.8. The molecule has 0 atom stereocenters. The Morgan fingerprint density at radius 2 is 2.17 bits per heavy atom. The van der Waals surface area contributed by atoms with Gasteiger partial charge in [0.2, 0.25) is 11.8 Å². The molecule has 1 saturated carbocycles. The third-order valence-electron chi connectivity index (χ3n) is 3.76. The normalized spacial score (nSPS) is 21.7. The number of rotatable bonds is 4. The van der Waals surface area contributed by atoms with Crippen LogP contribution in [0, 0.1) is 16.7 Å². The third-order valence-corrected chi connectivity index (χ3v) is 3.76. The van der Waals surface area contributed by atoms with E-state index in [4.69, 9.17) is 5.26 Å². The topological polar surface area (TPSA) is 64.4 Å². The van der Waals surface area contributed by atoms with Gasteiger partial charge >= 0.3 is 0 Å². The average Bonchev–Trinajstić information content (AvgIpc) is 3.17. The summed E-state index contributed by atoms with van der Waals surface area (Å²) in [6, 6.07) is 2.09. The Hall–Kier alpha value is -1.57. The van der Waals surface area contributed by atoms with Crippen molar-refractivity contribution in [3.8, 4) is 6.07 Å². The van der Waals surface area contributed by atoms with E-state index in [0.717, 1.165) is 19.4 Å². The van der Waals surface area contributed by atoms with E-state index in [1.807, 2.05) is 4.90 Å². The molecule has 2 aliphatic rings. The van der Waals surface area contributed by atoms with E-state index < -0.39 is 5.41 Å². The average molecular weight is 249 g/mol. The fourth-order valence-electron chi connectivity index (χ4n) is 2.27. The van der Waals surface area contributed by atoms with Gasteiger partial charge in [0.1, 0.15) is 5.41 Å². The van der Waals surface area contributed by atoms with Crippen LogP contribution >= 0.6 is 0 Å². The lowest BCUT2D eigenvalue weighted by Crippen LogP contribution is -2.53. The molecule has 0 N–H and O–H groups in total. The summed E-state index contributed by atoms with van der Waals surface area (Å²) in [5, 5.41) is 9.00. The first-order chi connectivity index (χ1) is 8.63. The Morgan fingerprint density at radius 1 is 1.44 bits per heavy atom. The van der Waals surface area contributed by atoms with Crippen LogP contribution in [0.1, 0.15) is 32.6 Å². The Bertz CT molecular complexity index is 396. The zero-order chi connectivity index (χ0) is 13.2. The fourth-order valence-corrected chi connectivity index (χ4v) is 2.27. The van der Waals surface area contributed by atoms with Crippen LogP contribution in [0.4, 0.5) is 0 Å². The Balaban J connectivity index is 1.91. The number of carbonyl (C=O) groups is 2. The van der Waals surface area contributed by atoms with Crippen LogP contribution in [0.5, 0.6) is 0 Å². The highest BCUT2D eigenvalue weighted by Gasteiger charge is 2.53. The van der Waals surface area contributed by atoms with Gasteiger partial charge in [0.15, 0.2) is 0 Å². The quantitative estimate of drug-likeness (QED) is 0.739. The van der Waals surface area contributed by atoms with Crippen molar-refractivity contribution in [1.29, 1.82) is 5.26 Å². The first-order valence-electron chi connectivity index (χ1n) is 6.61. The lowest BCUT2D eigenvalue weighted by molar-refractivity contribution is -0.147. The van der Waals surface area contributed by atoms with Gasteiger partial charge < -0.3 is 9.80 Å². The molecule has 0 bridgehead atoms. The number of unbranched alkanes of at least 4 members (excludes halogenated alkanes) is 1. The monoisotopic (exact) mass is 249 g/mol. The van der Waals surface area contributed by atoms with E-state index in [2.05, 4.69) is 13.0 Å². The lowest BCUT2D eigenvalue weighted by atomic mass is 10.1. The molecule has 0 radical (unpaired) electrons. The molecular formula is C13H19N3O2. The Kier molecular flexibility index (Phi) is 3.55. The summed E-state index contributed by atoms with van der Waals surface area (Å²) in [6.45, 7) is 4.19. The molecule has 2 fully saturated rings. The minimum Gasteiger partial charge on any atom is -0.339 e. The van der Waals surface area contributed by atoms with Crippen molar-refractivity contribution < 1.29 is 9.59 Å². The van der Waals surface area contributed by atoms with Gasteiger partial charge in [0.05, 0.1) is 12.6 Å². The molecule has 18 heavy (non-hydrogen) atoms. The first kappa shape index (κ1) is 12.9. The van der Waals surface area contributed by atoms with Crippen molar-refractivity contribution >= 4 is 11.8 Å². The van der Waals surface area contributed by atoms with E-state index in [0.29, 0.717) is 25.9 Å². The van der Waals surface area contributed by atoms with Crippen LogP contribution in [0.15, 0.2) is 0 Å². The summed E-state index contributed by atoms with van der Waals surface area (Å²) in [5.74, 6) is -0.134. The Morgan fingerprint density at radius 3 is 2.67 bits per heavy atom. The smallest absolute Gasteiger partial charge is 0.243 e. The van der Waals surface area contributed by atoms with Gasteiger partial charge in [-0.25, -0.2) is 0 Å². The fraction of sp³-hybridized carbons (Fsp3) is 0.769. The van der Waals surface area contributed by atoms with Crippen molar-refractivity contribution in [2.75, 3.05) is 26.2 Å². The number of nitrogens with zero attached hydrogens (tertiary/aromatic N) is 3. The van der Waals surface area contributed by atoms with E-state index >= 15 is 0 Å². The van der Waals surface area contributed by atoms with Crippen molar-refractivity contribution in [1.82, 2.24) is 9.80 Å². The second-order valence-electron chi connectivity index (χ2n) is 5.15. The van der Waals surface area contributed by atoms with Crippen molar-refractivity contribution in [3.05, 3.63) is 0 Å². The van der Waals surface area contributed by atoms with Crippen LogP contribution in [0.3, 0.4) is 0 Å². The summed E-state index contributed by atoms with van der Waals surface area (Å²) >= 11 is 0. The maximum absolute atomic E-state index is 12.1. The molecular weight excluding hydrogens is 230 g/mol. The molecule has 2 rings (SSSR count). The Labute approximate surface area is 107 Å². The summed E-state index contributed by atoms with van der Waals surface area (Å²) in [6.07, 6.45) is 3.35. The summed E-state index contributed by atoms with van der Waals surface area (Å²) in [4.78, 5) is 27.4. The highest BCUT2D eigenvalue weighted by Crippen LogP contribution is 2.46. The molecule has 0 aromatic rings. The highest BCUT2D eigenvalue weighted by atomic mass is 16.2. The minimum absolute atomic E-state index is 0.0109. The van der Waals surface area contributed by atoms with Gasteiger partial charge in [-0.2, -0.15) is 5.26 Å². The maximum atomic E-state index is 12.1. The number of carbonyl (C=O) groups excluding carboxylic acids is 2. The molecule has 1 aliphatic heterocycles. The molecule has 0 spiro atoms. The summed E-state index contributed by atoms with van der Waals surface area (Å²) in [7, 11) is 0. The molecule has 1 heterocycles. The van der Waals surface area contributed by atoms with Crippen molar-refractivity contribution in [2.45, 2.75) is 32.6 Å². The van der Waals surface area contributed by atoms with Crippen LogP contribution in [-0.2, 0) is 9.59 Å². The van der Waals surface area contributed by atoms with E-state index in [-0.39, 0.29) is 18.4 Å². The van der Waals surface area contributed by atoms with Gasteiger partial charge in [-0.05, 0) is 19.3 Å². The molecule has 2 amide bonds. The minimum atomic E-state index is -0.800. The van der Waals surface area contributed by atoms with Gasteiger partial charge in [0.25, 0.3) is 0 Å². The van der Waals surface area contributed by atoms with Crippen LogP contribution in [0.25, 0.3) is 0 Å². The SMILES string of the molecule is CCCCN1CCN(C(=O)C2(C#N)CC2)CC1=O. The second-order valence-corrected chi connectivity index (χ2v) is 5.15. The van der Waals surface area contributed by atoms with Gasteiger partial charge in [0, 0.05) is 19.6 Å². The molecule has 0 unspecified atom stereocenters. The van der Waals surface area contributed by atoms with E-state index in [9.17, 15) is 9.59 Å². The molecule has 0 aromatic carbocycles. The predicted octanol–water partition coefficient (Wildman–Crippen LogP) is 0.761. The van der Waals surface area contributed by atoms with Crippen molar-refractivity contribution in [3.63, 3.8) is 0 Å².